The third kappa shape index (κ3) is 3.27. The van der Waals surface area contributed by atoms with E-state index in [4.69, 9.17) is 0 Å². The maximum Gasteiger partial charge on any atom is 0.408 e. The minimum Gasteiger partial charge on any atom is -0.340 e. The van der Waals surface area contributed by atoms with Gasteiger partial charge in [-0.3, -0.25) is 9.69 Å². The fraction of sp³-hybridized carbons (Fsp3) is 0.562. The van der Waals surface area contributed by atoms with Crippen LogP contribution in [0.15, 0.2) is 30.3 Å². The maximum absolute atomic E-state index is 13.5. The Hall–Kier alpha value is -1.56. The smallest absolute Gasteiger partial charge is 0.340 e. The number of hydrogen-bond donors (Lipinski definition) is 0. The van der Waals surface area contributed by atoms with Crippen LogP contribution in [-0.4, -0.2) is 48.1 Å². The van der Waals surface area contributed by atoms with Gasteiger partial charge < -0.3 is 4.90 Å². The number of amides is 1. The molecule has 1 saturated carbocycles. The molecule has 2 fully saturated rings. The van der Waals surface area contributed by atoms with Crippen LogP contribution in [0.5, 0.6) is 0 Å². The Morgan fingerprint density at radius 3 is 2.14 bits per heavy atom. The van der Waals surface area contributed by atoms with Gasteiger partial charge in [0, 0.05) is 32.1 Å². The predicted molar refractivity (Wildman–Crippen MR) is 76.1 cm³/mol. The molecule has 0 spiro atoms. The Kier molecular flexibility index (Phi) is 4.12. The monoisotopic (exact) mass is 312 g/mol. The summed E-state index contributed by atoms with van der Waals surface area (Å²) in [4.78, 5) is 15.1. The van der Waals surface area contributed by atoms with Crippen LogP contribution >= 0.6 is 0 Å². The van der Waals surface area contributed by atoms with Crippen molar-refractivity contribution in [2.75, 3.05) is 26.2 Å². The summed E-state index contributed by atoms with van der Waals surface area (Å²) in [7, 11) is 0. The van der Waals surface area contributed by atoms with Crippen LogP contribution in [0.25, 0.3) is 0 Å². The number of hydrogen-bond acceptors (Lipinski definition) is 2. The molecular formula is C16H19F3N2O. The van der Waals surface area contributed by atoms with Gasteiger partial charge in [-0.25, -0.2) is 0 Å². The summed E-state index contributed by atoms with van der Waals surface area (Å²) < 4.78 is 40.4. The van der Waals surface area contributed by atoms with Gasteiger partial charge in [0.05, 0.1) is 0 Å². The van der Waals surface area contributed by atoms with E-state index < -0.39 is 12.2 Å². The number of piperazine rings is 1. The van der Waals surface area contributed by atoms with E-state index in [0.29, 0.717) is 13.1 Å². The van der Waals surface area contributed by atoms with E-state index in [0.717, 1.165) is 12.8 Å². The van der Waals surface area contributed by atoms with Crippen molar-refractivity contribution in [3.63, 3.8) is 0 Å². The van der Waals surface area contributed by atoms with Crippen molar-refractivity contribution >= 4 is 5.91 Å². The van der Waals surface area contributed by atoms with Crippen molar-refractivity contribution < 1.29 is 18.0 Å². The van der Waals surface area contributed by atoms with Crippen LogP contribution in [0.4, 0.5) is 13.2 Å². The molecule has 0 aromatic heterocycles. The highest BCUT2D eigenvalue weighted by atomic mass is 19.4. The zero-order chi connectivity index (χ0) is 15.7. The zero-order valence-electron chi connectivity index (χ0n) is 12.2. The Balaban J connectivity index is 1.70. The molecule has 2 aliphatic rings. The van der Waals surface area contributed by atoms with Crippen molar-refractivity contribution in [2.45, 2.75) is 25.1 Å². The highest BCUT2D eigenvalue weighted by molar-refractivity contribution is 5.81. The second-order valence-corrected chi connectivity index (χ2v) is 5.99. The number of alkyl halides is 3. The Bertz CT molecular complexity index is 520. The van der Waals surface area contributed by atoms with Gasteiger partial charge in [0.25, 0.3) is 0 Å². The average Bonchev–Trinajstić information content (AvgIpc) is 3.32. The first-order chi connectivity index (χ1) is 10.5. The number of rotatable bonds is 3. The molecule has 1 aliphatic heterocycles. The maximum atomic E-state index is 13.5. The Labute approximate surface area is 127 Å². The number of halogens is 3. The third-order valence-corrected chi connectivity index (χ3v) is 4.34. The van der Waals surface area contributed by atoms with Gasteiger partial charge in [-0.2, -0.15) is 13.2 Å². The van der Waals surface area contributed by atoms with Gasteiger partial charge in [0.15, 0.2) is 0 Å². The topological polar surface area (TPSA) is 23.6 Å². The SMILES string of the molecule is O=C(C1CC1)N1CCN([C@@H](c2ccccc2)C(F)(F)F)CC1. The second kappa shape index (κ2) is 5.91. The molecule has 1 saturated heterocycles. The number of benzene rings is 1. The lowest BCUT2D eigenvalue weighted by Gasteiger charge is -2.40. The van der Waals surface area contributed by atoms with Gasteiger partial charge in [-0.15, -0.1) is 0 Å². The lowest BCUT2D eigenvalue weighted by Crippen LogP contribution is -2.52. The van der Waals surface area contributed by atoms with Crippen LogP contribution in [0, 0.1) is 5.92 Å². The Morgan fingerprint density at radius 2 is 1.64 bits per heavy atom. The van der Waals surface area contributed by atoms with E-state index in [-0.39, 0.29) is 30.5 Å². The summed E-state index contributed by atoms with van der Waals surface area (Å²) in [5.41, 5.74) is 0.261. The molecule has 6 heteroatoms. The molecule has 0 N–H and O–H groups in total. The summed E-state index contributed by atoms with van der Waals surface area (Å²) in [6.07, 6.45) is -2.47. The number of carbonyl (C=O) groups excluding carboxylic acids is 1. The molecule has 0 bridgehead atoms. The van der Waals surface area contributed by atoms with Gasteiger partial charge in [0.1, 0.15) is 6.04 Å². The normalized spacial score (nSPS) is 21.7. The molecule has 22 heavy (non-hydrogen) atoms. The zero-order valence-corrected chi connectivity index (χ0v) is 12.2. The summed E-state index contributed by atoms with van der Waals surface area (Å²) in [5, 5.41) is 0. The van der Waals surface area contributed by atoms with E-state index in [9.17, 15) is 18.0 Å². The van der Waals surface area contributed by atoms with Gasteiger partial charge >= 0.3 is 6.18 Å². The molecule has 0 radical (unpaired) electrons. The van der Waals surface area contributed by atoms with Crippen molar-refractivity contribution in [3.8, 4) is 0 Å². The fourth-order valence-electron chi connectivity index (χ4n) is 3.03. The van der Waals surface area contributed by atoms with Crippen molar-refractivity contribution in [1.29, 1.82) is 0 Å². The van der Waals surface area contributed by atoms with Gasteiger partial charge in [0.2, 0.25) is 5.91 Å². The molecule has 0 unspecified atom stereocenters. The molecule has 1 aromatic rings. The number of carbonyl (C=O) groups is 1. The largest absolute Gasteiger partial charge is 0.408 e. The first kappa shape index (κ1) is 15.3. The van der Waals surface area contributed by atoms with Crippen molar-refractivity contribution in [2.24, 2.45) is 5.92 Å². The van der Waals surface area contributed by atoms with E-state index in [2.05, 4.69) is 0 Å². The summed E-state index contributed by atoms with van der Waals surface area (Å²) in [6, 6.07) is 6.40. The first-order valence-corrected chi connectivity index (χ1v) is 7.61. The molecule has 120 valence electrons. The van der Waals surface area contributed by atoms with Crippen LogP contribution < -0.4 is 0 Å². The van der Waals surface area contributed by atoms with Gasteiger partial charge in [-0.05, 0) is 18.4 Å². The van der Waals surface area contributed by atoms with Crippen LogP contribution in [-0.2, 0) is 4.79 Å². The van der Waals surface area contributed by atoms with E-state index in [1.54, 1.807) is 23.1 Å². The molecule has 1 aromatic carbocycles. The number of nitrogens with zero attached hydrogens (tertiary/aromatic N) is 2. The quantitative estimate of drug-likeness (QED) is 0.857. The fourth-order valence-corrected chi connectivity index (χ4v) is 3.03. The highest BCUT2D eigenvalue weighted by Gasteiger charge is 2.46. The molecule has 1 amide bonds. The summed E-state index contributed by atoms with van der Waals surface area (Å²) in [5.74, 6) is 0.238. The second-order valence-electron chi connectivity index (χ2n) is 5.99. The lowest BCUT2D eigenvalue weighted by molar-refractivity contribution is -0.190. The van der Waals surface area contributed by atoms with Crippen LogP contribution in [0.3, 0.4) is 0 Å². The minimum absolute atomic E-state index is 0.114. The van der Waals surface area contributed by atoms with E-state index in [1.165, 1.54) is 17.0 Å². The molecule has 3 rings (SSSR count). The van der Waals surface area contributed by atoms with Crippen molar-refractivity contribution in [3.05, 3.63) is 35.9 Å². The minimum atomic E-state index is -4.32. The molecule has 1 aliphatic carbocycles. The summed E-state index contributed by atoms with van der Waals surface area (Å²) >= 11 is 0. The van der Waals surface area contributed by atoms with E-state index in [1.807, 2.05) is 0 Å². The third-order valence-electron chi connectivity index (χ3n) is 4.34. The molecule has 1 atom stereocenters. The van der Waals surface area contributed by atoms with E-state index >= 15 is 0 Å². The highest BCUT2D eigenvalue weighted by Crippen LogP contribution is 2.38. The predicted octanol–water partition coefficient (Wildman–Crippen LogP) is 2.84. The lowest BCUT2D eigenvalue weighted by atomic mass is 10.0. The molecule has 1 heterocycles. The van der Waals surface area contributed by atoms with Crippen LogP contribution in [0.2, 0.25) is 0 Å². The average molecular weight is 312 g/mol. The molecule has 3 nitrogen and oxygen atoms in total. The first-order valence-electron chi connectivity index (χ1n) is 7.61. The Morgan fingerprint density at radius 1 is 1.05 bits per heavy atom. The standard InChI is InChI=1S/C16H19F3N2O/c17-16(18,19)14(12-4-2-1-3-5-12)20-8-10-21(11-9-20)15(22)13-6-7-13/h1-5,13-14H,6-11H2/t14-/m0/s1. The van der Waals surface area contributed by atoms with Crippen molar-refractivity contribution in [1.82, 2.24) is 9.80 Å². The van der Waals surface area contributed by atoms with Gasteiger partial charge in [-0.1, -0.05) is 30.3 Å². The summed E-state index contributed by atoms with van der Waals surface area (Å²) in [6.45, 7) is 1.29. The van der Waals surface area contributed by atoms with Crippen LogP contribution in [0.1, 0.15) is 24.4 Å². The molecular weight excluding hydrogens is 293 g/mol.